The summed E-state index contributed by atoms with van der Waals surface area (Å²) in [5.41, 5.74) is 0.704. The molecule has 1 aliphatic heterocycles. The van der Waals surface area contributed by atoms with Crippen molar-refractivity contribution in [2.24, 2.45) is 0 Å². The summed E-state index contributed by atoms with van der Waals surface area (Å²) in [5.74, 6) is -0.0802. The lowest BCUT2D eigenvalue weighted by Gasteiger charge is -2.13. The van der Waals surface area contributed by atoms with Gasteiger partial charge in [-0.05, 0) is 31.0 Å². The highest BCUT2D eigenvalue weighted by molar-refractivity contribution is 9.10. The van der Waals surface area contributed by atoms with Gasteiger partial charge in [-0.25, -0.2) is 0 Å². The molecule has 1 fully saturated rings. The molecular weight excluding hydrogens is 348 g/mol. The zero-order chi connectivity index (χ0) is 15.5. The Morgan fingerprint density at radius 2 is 2.27 bits per heavy atom. The molecule has 1 aromatic carbocycles. The summed E-state index contributed by atoms with van der Waals surface area (Å²) in [6, 6.07) is 6.97. The minimum Gasteiger partial charge on any atom is -0.376 e. The number of rotatable bonds is 4. The average Bonchev–Trinajstić information content (AvgIpc) is 3.02. The Bertz CT molecular complexity index is 751. The Balaban J connectivity index is 1.74. The van der Waals surface area contributed by atoms with Crippen LogP contribution < -0.4 is 10.7 Å². The molecule has 0 saturated carbocycles. The number of fused-ring (bicyclic) bond motifs is 1. The molecule has 1 N–H and O–H groups in total. The number of hydrogen-bond acceptors (Lipinski definition) is 3. The summed E-state index contributed by atoms with van der Waals surface area (Å²) in [7, 11) is 0. The van der Waals surface area contributed by atoms with Crippen molar-refractivity contribution in [2.45, 2.75) is 25.5 Å². The second-order valence-corrected chi connectivity index (χ2v) is 6.32. The normalized spacial score (nSPS) is 17.8. The van der Waals surface area contributed by atoms with Gasteiger partial charge in [-0.3, -0.25) is 9.59 Å². The number of halogens is 1. The predicted molar refractivity (Wildman–Crippen MR) is 87.9 cm³/mol. The molecule has 3 rings (SSSR count). The first-order chi connectivity index (χ1) is 10.6. The number of pyridine rings is 1. The lowest BCUT2D eigenvalue weighted by atomic mass is 10.2. The molecule has 6 heteroatoms. The fourth-order valence-corrected chi connectivity index (χ4v) is 3.03. The van der Waals surface area contributed by atoms with E-state index in [1.807, 2.05) is 12.1 Å². The van der Waals surface area contributed by atoms with Crippen molar-refractivity contribution in [3.8, 4) is 0 Å². The van der Waals surface area contributed by atoms with E-state index in [0.29, 0.717) is 11.9 Å². The highest BCUT2D eigenvalue weighted by atomic mass is 79.9. The maximum Gasteiger partial charge on any atom is 0.240 e. The van der Waals surface area contributed by atoms with Crippen LogP contribution >= 0.6 is 15.9 Å². The number of hydrogen-bond donors (Lipinski definition) is 1. The average molecular weight is 365 g/mol. The highest BCUT2D eigenvalue weighted by Crippen LogP contribution is 2.17. The maximum absolute atomic E-state index is 12.1. The Labute approximate surface area is 136 Å². The second kappa shape index (κ2) is 6.62. The summed E-state index contributed by atoms with van der Waals surface area (Å²) in [6.45, 7) is 1.51. The first-order valence-electron chi connectivity index (χ1n) is 7.30. The van der Waals surface area contributed by atoms with E-state index in [1.54, 1.807) is 16.8 Å². The predicted octanol–water partition coefficient (Wildman–Crippen LogP) is 2.06. The van der Waals surface area contributed by atoms with Gasteiger partial charge in [0.15, 0.2) is 5.43 Å². The zero-order valence-corrected chi connectivity index (χ0v) is 13.6. The SMILES string of the molecule is O=C(Cn1ccc(=O)c2cc(Br)ccc21)NC[C@@H]1CCCO1. The number of carbonyl (C=O) groups is 1. The molecule has 22 heavy (non-hydrogen) atoms. The van der Waals surface area contributed by atoms with Crippen molar-refractivity contribution in [3.63, 3.8) is 0 Å². The summed E-state index contributed by atoms with van der Waals surface area (Å²) in [6.07, 6.45) is 3.84. The number of benzene rings is 1. The van der Waals surface area contributed by atoms with E-state index in [9.17, 15) is 9.59 Å². The van der Waals surface area contributed by atoms with Crippen LogP contribution in [0.2, 0.25) is 0 Å². The van der Waals surface area contributed by atoms with Crippen LogP contribution in [0.25, 0.3) is 10.9 Å². The zero-order valence-electron chi connectivity index (χ0n) is 12.0. The molecule has 0 unspecified atom stereocenters. The monoisotopic (exact) mass is 364 g/mol. The van der Waals surface area contributed by atoms with Crippen LogP contribution in [0, 0.1) is 0 Å². The van der Waals surface area contributed by atoms with E-state index in [1.165, 1.54) is 6.07 Å². The maximum atomic E-state index is 12.1. The Kier molecular flexibility index (Phi) is 4.59. The molecule has 5 nitrogen and oxygen atoms in total. The van der Waals surface area contributed by atoms with Crippen LogP contribution in [0.4, 0.5) is 0 Å². The van der Waals surface area contributed by atoms with Crippen LogP contribution in [0.5, 0.6) is 0 Å². The third-order valence-corrected chi connectivity index (χ3v) is 4.30. The van der Waals surface area contributed by atoms with Crippen molar-refractivity contribution in [1.82, 2.24) is 9.88 Å². The Morgan fingerprint density at radius 3 is 3.05 bits per heavy atom. The fourth-order valence-electron chi connectivity index (χ4n) is 2.67. The smallest absolute Gasteiger partial charge is 0.240 e. The number of carbonyl (C=O) groups excluding carboxylic acids is 1. The molecule has 0 aliphatic carbocycles. The topological polar surface area (TPSA) is 60.3 Å². The third kappa shape index (κ3) is 3.39. The highest BCUT2D eigenvalue weighted by Gasteiger charge is 2.16. The first kappa shape index (κ1) is 15.2. The van der Waals surface area contributed by atoms with Gasteiger partial charge in [-0.2, -0.15) is 0 Å². The van der Waals surface area contributed by atoms with Gasteiger partial charge in [0.1, 0.15) is 6.54 Å². The summed E-state index contributed by atoms with van der Waals surface area (Å²) >= 11 is 3.36. The molecule has 0 radical (unpaired) electrons. The van der Waals surface area contributed by atoms with Crippen molar-refractivity contribution in [2.75, 3.05) is 13.2 Å². The van der Waals surface area contributed by atoms with Crippen molar-refractivity contribution in [3.05, 3.63) is 45.2 Å². The Hall–Kier alpha value is -1.66. The Morgan fingerprint density at radius 1 is 1.41 bits per heavy atom. The van der Waals surface area contributed by atoms with E-state index in [0.717, 1.165) is 29.4 Å². The van der Waals surface area contributed by atoms with Crippen LogP contribution in [-0.4, -0.2) is 29.7 Å². The number of nitrogens with one attached hydrogen (secondary N) is 1. The largest absolute Gasteiger partial charge is 0.376 e. The van der Waals surface area contributed by atoms with Gasteiger partial charge >= 0.3 is 0 Å². The van der Waals surface area contributed by atoms with Gasteiger partial charge < -0.3 is 14.6 Å². The molecule has 0 spiro atoms. The molecule has 1 aromatic heterocycles. The molecule has 2 aromatic rings. The molecule has 0 bridgehead atoms. The van der Waals surface area contributed by atoms with Crippen LogP contribution in [-0.2, 0) is 16.1 Å². The van der Waals surface area contributed by atoms with Crippen molar-refractivity contribution < 1.29 is 9.53 Å². The standard InChI is InChI=1S/C16H17BrN2O3/c17-11-3-4-14-13(8-11)15(20)5-6-19(14)10-16(21)18-9-12-2-1-7-22-12/h3-6,8,12H,1-2,7,9-10H2,(H,18,21)/t12-/m0/s1. The summed E-state index contributed by atoms with van der Waals surface area (Å²) in [5, 5.41) is 3.49. The van der Waals surface area contributed by atoms with Gasteiger partial charge in [0.2, 0.25) is 5.91 Å². The van der Waals surface area contributed by atoms with Crippen LogP contribution in [0.1, 0.15) is 12.8 Å². The second-order valence-electron chi connectivity index (χ2n) is 5.41. The number of nitrogens with zero attached hydrogens (tertiary/aromatic N) is 1. The lowest BCUT2D eigenvalue weighted by molar-refractivity contribution is -0.122. The van der Waals surface area contributed by atoms with Gasteiger partial charge in [0.05, 0.1) is 11.6 Å². The molecule has 1 saturated heterocycles. The summed E-state index contributed by atoms with van der Waals surface area (Å²) in [4.78, 5) is 24.0. The minimum atomic E-state index is -0.0802. The minimum absolute atomic E-state index is 0.0488. The molecular formula is C16H17BrN2O3. The first-order valence-corrected chi connectivity index (χ1v) is 8.10. The fraction of sp³-hybridized carbons (Fsp3) is 0.375. The third-order valence-electron chi connectivity index (χ3n) is 3.80. The molecule has 1 aliphatic rings. The quantitative estimate of drug-likeness (QED) is 0.903. The molecule has 116 valence electrons. The van der Waals surface area contributed by atoms with Crippen LogP contribution in [0.3, 0.4) is 0 Å². The van der Waals surface area contributed by atoms with Crippen molar-refractivity contribution in [1.29, 1.82) is 0 Å². The molecule has 2 heterocycles. The van der Waals surface area contributed by atoms with E-state index in [4.69, 9.17) is 4.74 Å². The van der Waals surface area contributed by atoms with Crippen molar-refractivity contribution >= 4 is 32.7 Å². The number of ether oxygens (including phenoxy) is 1. The van der Waals surface area contributed by atoms with Gasteiger partial charge in [0, 0.05) is 35.3 Å². The van der Waals surface area contributed by atoms with E-state index >= 15 is 0 Å². The van der Waals surface area contributed by atoms with Gasteiger partial charge in [-0.1, -0.05) is 15.9 Å². The van der Waals surface area contributed by atoms with E-state index in [-0.39, 0.29) is 24.0 Å². The summed E-state index contributed by atoms with van der Waals surface area (Å²) < 4.78 is 8.12. The number of amides is 1. The van der Waals surface area contributed by atoms with E-state index < -0.39 is 0 Å². The van der Waals surface area contributed by atoms with Gasteiger partial charge in [0.25, 0.3) is 0 Å². The number of aromatic nitrogens is 1. The van der Waals surface area contributed by atoms with Gasteiger partial charge in [-0.15, -0.1) is 0 Å². The molecule has 1 atom stereocenters. The van der Waals surface area contributed by atoms with Crippen LogP contribution in [0.15, 0.2) is 39.7 Å². The lowest BCUT2D eigenvalue weighted by Crippen LogP contribution is -2.34. The molecule has 1 amide bonds. The van der Waals surface area contributed by atoms with E-state index in [2.05, 4.69) is 21.2 Å².